The van der Waals surface area contributed by atoms with Crippen LogP contribution in [0, 0.1) is 18.3 Å². The first-order valence-corrected chi connectivity index (χ1v) is 19.8. The molecule has 0 radical (unpaired) electrons. The fraction of sp³-hybridized carbons (Fsp3) is 0.571. The Morgan fingerprint density at radius 2 is 1.80 bits per heavy atom. The van der Waals surface area contributed by atoms with Gasteiger partial charge in [0.2, 0.25) is 0 Å². The van der Waals surface area contributed by atoms with Crippen LogP contribution in [0.1, 0.15) is 67.1 Å². The Labute approximate surface area is 290 Å². The van der Waals surface area contributed by atoms with Crippen LogP contribution in [0.2, 0.25) is 0 Å². The zero-order valence-corrected chi connectivity index (χ0v) is 30.1. The van der Waals surface area contributed by atoms with E-state index in [1.165, 1.54) is 11.8 Å². The minimum Gasteiger partial charge on any atom is -0.367 e. The molecule has 1 aromatic carbocycles. The summed E-state index contributed by atoms with van der Waals surface area (Å²) in [6.07, 6.45) is -0.272. The van der Waals surface area contributed by atoms with Crippen molar-refractivity contribution in [3.63, 3.8) is 0 Å². The van der Waals surface area contributed by atoms with E-state index in [2.05, 4.69) is 61.7 Å². The molecule has 264 valence electrons. The molecule has 0 spiro atoms. The molecule has 0 aliphatic carbocycles. The third-order valence-electron chi connectivity index (χ3n) is 10.2. The molecule has 2 fully saturated rings. The number of piperidine rings is 2. The van der Waals surface area contributed by atoms with E-state index in [9.17, 15) is 26.9 Å². The molecule has 0 unspecified atom stereocenters. The molecule has 3 aromatic heterocycles. The molecule has 14 heteroatoms. The molecule has 49 heavy (non-hydrogen) atoms. The molecule has 5 heterocycles. The van der Waals surface area contributed by atoms with Crippen molar-refractivity contribution in [3.8, 4) is 6.07 Å². The van der Waals surface area contributed by atoms with Gasteiger partial charge in [-0.05, 0) is 81.9 Å². The molecule has 2 aliphatic heterocycles. The van der Waals surface area contributed by atoms with Crippen LogP contribution < -0.4 is 5.32 Å². The summed E-state index contributed by atoms with van der Waals surface area (Å²) in [5, 5.41) is 15.0. The van der Waals surface area contributed by atoms with Gasteiger partial charge in [0.1, 0.15) is 38.1 Å². The first kappa shape index (κ1) is 35.6. The van der Waals surface area contributed by atoms with Crippen LogP contribution in [0.4, 0.5) is 19.0 Å². The number of halogens is 3. The number of aromatic nitrogens is 3. The van der Waals surface area contributed by atoms with Crippen molar-refractivity contribution in [2.24, 2.45) is 0 Å². The number of thiophene rings is 1. The number of nitriles is 1. The number of likely N-dealkylation sites (tertiary alicyclic amines) is 2. The summed E-state index contributed by atoms with van der Waals surface area (Å²) in [4.78, 5) is 14.8. The summed E-state index contributed by atoms with van der Waals surface area (Å²) < 4.78 is 65.4. The fourth-order valence-corrected chi connectivity index (χ4v) is 9.49. The lowest BCUT2D eigenvalue weighted by Gasteiger charge is -2.35. The molecular formula is C35H44F3N7O2S2. The molecule has 1 atom stereocenters. The number of benzene rings is 1. The van der Waals surface area contributed by atoms with Crippen LogP contribution in [-0.4, -0.2) is 88.7 Å². The van der Waals surface area contributed by atoms with Crippen molar-refractivity contribution in [2.75, 3.05) is 37.8 Å². The average Bonchev–Trinajstić information content (AvgIpc) is 3.62. The third kappa shape index (κ3) is 8.06. The van der Waals surface area contributed by atoms with Crippen molar-refractivity contribution in [1.29, 1.82) is 5.26 Å². The van der Waals surface area contributed by atoms with E-state index >= 15 is 0 Å². The average molecular weight is 716 g/mol. The first-order valence-electron chi connectivity index (χ1n) is 17.0. The van der Waals surface area contributed by atoms with Crippen molar-refractivity contribution in [3.05, 3.63) is 51.8 Å². The topological polar surface area (TPSA) is 107 Å². The van der Waals surface area contributed by atoms with Crippen LogP contribution in [0.5, 0.6) is 0 Å². The molecule has 2 saturated heterocycles. The lowest BCUT2D eigenvalue weighted by molar-refractivity contribution is -0.126. The van der Waals surface area contributed by atoms with E-state index < -0.39 is 22.4 Å². The molecule has 4 aromatic rings. The normalized spacial score (nSPS) is 18.3. The SMILES string of the molecule is CCc1nc(NC2CCN(Cc3ccc4c(cc(C#N)n4C[C@H](C)N4CCC(S(C)(=O)=O)CC4)c3C)CC2)c2cc(CC(F)(F)F)sc2n1. The quantitative estimate of drug-likeness (QED) is 0.199. The highest BCUT2D eigenvalue weighted by Gasteiger charge is 2.31. The summed E-state index contributed by atoms with van der Waals surface area (Å²) in [5.41, 5.74) is 4.04. The number of anilines is 1. The number of nitrogens with zero attached hydrogens (tertiary/aromatic N) is 6. The molecule has 6 rings (SSSR count). The van der Waals surface area contributed by atoms with Gasteiger partial charge in [-0.3, -0.25) is 9.80 Å². The number of nitrogens with one attached hydrogen (secondary N) is 1. The zero-order valence-electron chi connectivity index (χ0n) is 28.5. The zero-order chi connectivity index (χ0) is 35.1. The second kappa shape index (κ2) is 14.2. The van der Waals surface area contributed by atoms with Crippen molar-refractivity contribution in [2.45, 2.75) is 95.9 Å². The van der Waals surface area contributed by atoms with Crippen LogP contribution in [0.15, 0.2) is 24.3 Å². The second-order valence-corrected chi connectivity index (χ2v) is 17.1. The Morgan fingerprint density at radius 1 is 1.08 bits per heavy atom. The molecule has 0 amide bonds. The highest BCUT2D eigenvalue weighted by atomic mass is 32.2. The fourth-order valence-electron chi connectivity index (χ4n) is 7.34. The van der Waals surface area contributed by atoms with Gasteiger partial charge in [0.15, 0.2) is 0 Å². The standard InChI is InChI=1S/C35H44F3N7O2S2/c1-5-32-41-33(30-17-27(18-35(36,37)38)48-34(30)42-32)40-25-8-12-43(13-9-25)21-24-6-7-31-29(23(24)3)16-26(19-39)45(31)20-22(2)44-14-10-28(11-15-44)49(4,46)47/h6-7,16-17,22,25,28H,5,8-15,18,20-21H2,1-4H3,(H,40,41,42)/t22-/m0/s1. The van der Waals surface area contributed by atoms with E-state index in [1.807, 2.05) is 13.0 Å². The number of hydrogen-bond acceptors (Lipinski definition) is 9. The molecule has 0 saturated carbocycles. The van der Waals surface area contributed by atoms with Crippen LogP contribution >= 0.6 is 11.3 Å². The summed E-state index contributed by atoms with van der Waals surface area (Å²) in [7, 11) is -3.03. The van der Waals surface area contributed by atoms with Gasteiger partial charge in [0.25, 0.3) is 0 Å². The molecular weight excluding hydrogens is 672 g/mol. The van der Waals surface area contributed by atoms with Gasteiger partial charge < -0.3 is 9.88 Å². The maximum absolute atomic E-state index is 13.1. The minimum atomic E-state index is -4.27. The van der Waals surface area contributed by atoms with Crippen LogP contribution in [0.3, 0.4) is 0 Å². The number of hydrogen-bond donors (Lipinski definition) is 1. The van der Waals surface area contributed by atoms with Gasteiger partial charge in [-0.1, -0.05) is 13.0 Å². The third-order valence-corrected chi connectivity index (χ3v) is 12.9. The second-order valence-electron chi connectivity index (χ2n) is 13.7. The van der Waals surface area contributed by atoms with Crippen LogP contribution in [0.25, 0.3) is 21.1 Å². The number of aryl methyl sites for hydroxylation is 2. The molecule has 9 nitrogen and oxygen atoms in total. The highest BCUT2D eigenvalue weighted by Crippen LogP contribution is 2.34. The van der Waals surface area contributed by atoms with E-state index in [1.54, 1.807) is 6.07 Å². The van der Waals surface area contributed by atoms with E-state index in [0.717, 1.165) is 73.4 Å². The van der Waals surface area contributed by atoms with Crippen molar-refractivity contribution >= 4 is 48.1 Å². The van der Waals surface area contributed by atoms with Crippen molar-refractivity contribution < 1.29 is 21.6 Å². The smallest absolute Gasteiger partial charge is 0.367 e. The monoisotopic (exact) mass is 715 g/mol. The van der Waals surface area contributed by atoms with Crippen LogP contribution in [-0.2, 0) is 35.8 Å². The highest BCUT2D eigenvalue weighted by molar-refractivity contribution is 7.91. The summed E-state index contributed by atoms with van der Waals surface area (Å²) in [6.45, 7) is 10.9. The Bertz CT molecular complexity index is 1970. The number of sulfone groups is 1. The van der Waals surface area contributed by atoms with Gasteiger partial charge in [-0.25, -0.2) is 18.4 Å². The van der Waals surface area contributed by atoms with Gasteiger partial charge in [0, 0.05) is 66.7 Å². The summed E-state index contributed by atoms with van der Waals surface area (Å²) >= 11 is 1.09. The first-order chi connectivity index (χ1) is 23.2. The Hall–Kier alpha value is -3.25. The number of fused-ring (bicyclic) bond motifs is 2. The Morgan fingerprint density at radius 3 is 2.43 bits per heavy atom. The van der Waals surface area contributed by atoms with Gasteiger partial charge in [0.05, 0.1) is 17.1 Å². The molecule has 0 bridgehead atoms. The number of alkyl halides is 3. The summed E-state index contributed by atoms with van der Waals surface area (Å²) in [6, 6.07) is 10.6. The largest absolute Gasteiger partial charge is 0.393 e. The van der Waals surface area contributed by atoms with Gasteiger partial charge >= 0.3 is 6.18 Å². The van der Waals surface area contributed by atoms with E-state index in [-0.39, 0.29) is 22.2 Å². The maximum atomic E-state index is 13.1. The Kier molecular flexibility index (Phi) is 10.3. The lowest BCUT2D eigenvalue weighted by atomic mass is 10.0. The van der Waals surface area contributed by atoms with Gasteiger partial charge in [-0.15, -0.1) is 11.3 Å². The van der Waals surface area contributed by atoms with E-state index in [0.29, 0.717) is 53.4 Å². The predicted molar refractivity (Wildman–Crippen MR) is 189 cm³/mol. The van der Waals surface area contributed by atoms with Crippen molar-refractivity contribution in [1.82, 2.24) is 24.3 Å². The number of rotatable bonds is 10. The lowest BCUT2D eigenvalue weighted by Crippen LogP contribution is -2.44. The van der Waals surface area contributed by atoms with E-state index in [4.69, 9.17) is 0 Å². The Balaban J connectivity index is 1.10. The molecule has 1 N–H and O–H groups in total. The van der Waals surface area contributed by atoms with Gasteiger partial charge in [-0.2, -0.15) is 18.4 Å². The minimum absolute atomic E-state index is 0.153. The predicted octanol–water partition coefficient (Wildman–Crippen LogP) is 6.47. The summed E-state index contributed by atoms with van der Waals surface area (Å²) in [5.74, 6) is 1.24. The molecule has 2 aliphatic rings. The maximum Gasteiger partial charge on any atom is 0.393 e.